The molecule has 2 aliphatic rings. The van der Waals surface area contributed by atoms with Crippen LogP contribution in [0.1, 0.15) is 121 Å². The fourth-order valence-corrected chi connectivity index (χ4v) is 8.48. The number of aliphatic hydroxyl groups excluding tert-OH is 4. The molecule has 0 amide bonds. The van der Waals surface area contributed by atoms with E-state index in [9.17, 15) is 40.5 Å². The van der Waals surface area contributed by atoms with Crippen LogP contribution in [0.15, 0.2) is 71.8 Å². The van der Waals surface area contributed by atoms with Gasteiger partial charge in [-0.2, -0.15) is 0 Å². The molecule has 1 fully saturated rings. The molecule has 4 rings (SSSR count). The van der Waals surface area contributed by atoms with Gasteiger partial charge in [0.1, 0.15) is 5.75 Å². The number of fused-ring (bicyclic) bond motifs is 1. The van der Waals surface area contributed by atoms with E-state index in [1.165, 1.54) is 0 Å². The fraction of sp³-hybridized carbons (Fsp3) is 0.596. The Hall–Kier alpha value is -3.53. The molecule has 2 aliphatic heterocycles. The highest BCUT2D eigenvalue weighted by atomic mass is 16.4. The molecular formula is C47H68N2O8. The van der Waals surface area contributed by atoms with Crippen molar-refractivity contribution in [3.63, 3.8) is 0 Å². The van der Waals surface area contributed by atoms with Gasteiger partial charge in [0.25, 0.3) is 0 Å². The maximum Gasteiger partial charge on any atom is 0.303 e. The number of aliphatic hydroxyl groups is 5. The Bertz CT molecular complexity index is 1660. The summed E-state index contributed by atoms with van der Waals surface area (Å²) in [5.41, 5.74) is 3.12. The Kier molecular flexibility index (Phi) is 18.8. The molecule has 0 saturated carbocycles. The van der Waals surface area contributed by atoms with E-state index in [0.717, 1.165) is 66.4 Å². The monoisotopic (exact) mass is 788 g/mol. The van der Waals surface area contributed by atoms with Gasteiger partial charge in [-0.15, -0.1) is 0 Å². The molecule has 0 spiro atoms. The largest absolute Gasteiger partial charge is 0.508 e. The van der Waals surface area contributed by atoms with Crippen LogP contribution in [0.3, 0.4) is 0 Å². The highest BCUT2D eigenvalue weighted by molar-refractivity contribution is 5.67. The number of hydrogen-bond acceptors (Lipinski definition) is 9. The predicted octanol–water partition coefficient (Wildman–Crippen LogP) is 5.70. The molecule has 9 N–H and O–H groups in total. The third-order valence-corrected chi connectivity index (χ3v) is 11.8. The molecule has 10 nitrogen and oxygen atoms in total. The number of phenolic OH excluding ortho intramolecular Hbond substituents is 1. The van der Waals surface area contributed by atoms with Crippen molar-refractivity contribution in [1.82, 2.24) is 10.6 Å². The summed E-state index contributed by atoms with van der Waals surface area (Å²) in [4.78, 5) is 11.9. The van der Waals surface area contributed by atoms with Crippen LogP contribution in [-0.4, -0.2) is 96.4 Å². The SMILES string of the molecule is CCCC[C@H](O)[C@H](O)C=CC1=C(C[C@H](O)CO)[C@H](CCC[C@@H]2N[C@@H](C)CCC[C@H]2CC(=O)O)N[C@@H]([C@@](C)(O)Cc2ccc(O)cc2)CC#Cc2ccccc2CC1. The minimum atomic E-state index is -1.32. The number of nitrogens with one attached hydrogen (secondary N) is 2. The van der Waals surface area contributed by atoms with E-state index >= 15 is 0 Å². The van der Waals surface area contributed by atoms with E-state index in [2.05, 4.69) is 29.4 Å². The van der Waals surface area contributed by atoms with E-state index in [-0.39, 0.29) is 43.0 Å². The van der Waals surface area contributed by atoms with Crippen LogP contribution < -0.4 is 10.6 Å². The number of benzene rings is 2. The van der Waals surface area contributed by atoms with Crippen molar-refractivity contribution in [2.75, 3.05) is 6.61 Å². The molecule has 0 aliphatic carbocycles. The summed E-state index contributed by atoms with van der Waals surface area (Å²) in [7, 11) is 0. The molecule has 314 valence electrons. The third-order valence-electron chi connectivity index (χ3n) is 11.8. The zero-order valence-corrected chi connectivity index (χ0v) is 34.2. The van der Waals surface area contributed by atoms with E-state index < -0.39 is 48.6 Å². The third kappa shape index (κ3) is 15.0. The summed E-state index contributed by atoms with van der Waals surface area (Å²) in [5.74, 6) is 6.06. The lowest BCUT2D eigenvalue weighted by Crippen LogP contribution is -2.54. The van der Waals surface area contributed by atoms with E-state index in [1.54, 1.807) is 37.3 Å². The Morgan fingerprint density at radius 3 is 2.49 bits per heavy atom. The zero-order chi connectivity index (χ0) is 41.4. The van der Waals surface area contributed by atoms with Gasteiger partial charge in [-0.3, -0.25) is 4.79 Å². The van der Waals surface area contributed by atoms with Crippen LogP contribution in [0.2, 0.25) is 0 Å². The van der Waals surface area contributed by atoms with Crippen molar-refractivity contribution in [3.05, 3.63) is 88.5 Å². The van der Waals surface area contributed by atoms with Gasteiger partial charge in [-0.05, 0) is 112 Å². The van der Waals surface area contributed by atoms with Gasteiger partial charge < -0.3 is 46.4 Å². The topological polar surface area (TPSA) is 183 Å². The van der Waals surface area contributed by atoms with Crippen LogP contribution in [0.25, 0.3) is 0 Å². The van der Waals surface area contributed by atoms with Crippen molar-refractivity contribution in [2.45, 2.75) is 165 Å². The smallest absolute Gasteiger partial charge is 0.303 e. The minimum Gasteiger partial charge on any atom is -0.508 e. The summed E-state index contributed by atoms with van der Waals surface area (Å²) in [6, 6.07) is 14.0. The average molecular weight is 789 g/mol. The number of carboxylic acid groups (broad SMARTS) is 1. The summed E-state index contributed by atoms with van der Waals surface area (Å²) in [5, 5.41) is 82.7. The molecule has 0 aromatic heterocycles. The second-order valence-electron chi connectivity index (χ2n) is 16.7. The molecular weight excluding hydrogens is 721 g/mol. The standard InChI is InChI=1S/C47H68N2O8/c1-4-5-18-43(53)44(54)27-24-36-23-22-35-13-7-6-12-34(35)14-9-19-45(47(3,57)30-33-20-25-38(51)26-21-33)49-42(40(36)29-39(52)31-50)17-10-16-41-37(28-46(55)56)15-8-11-32(2)48-41/h6-7,12-13,20-21,24-27,32,37,39,41-45,48-54,57H,4-5,8,10-11,15-19,22-23,28-31H2,1-3H3,(H,55,56)/t32-,37-,39-,41-,42-,43-,44+,45+,47-/m0/s1. The molecule has 2 heterocycles. The van der Waals surface area contributed by atoms with Gasteiger partial charge in [-0.25, -0.2) is 0 Å². The van der Waals surface area contributed by atoms with Gasteiger partial charge in [0, 0.05) is 49.0 Å². The Morgan fingerprint density at radius 1 is 1.02 bits per heavy atom. The lowest BCUT2D eigenvalue weighted by Gasteiger charge is -2.38. The number of aromatic hydroxyl groups is 1. The number of carbonyl (C=O) groups is 1. The first-order valence-corrected chi connectivity index (χ1v) is 21.2. The molecule has 2 aromatic rings. The summed E-state index contributed by atoms with van der Waals surface area (Å²) < 4.78 is 0. The number of hydrogen-bond donors (Lipinski definition) is 9. The number of unbranched alkanes of at least 4 members (excludes halogenated alkanes) is 1. The van der Waals surface area contributed by atoms with Crippen LogP contribution in [0, 0.1) is 17.8 Å². The van der Waals surface area contributed by atoms with Gasteiger partial charge >= 0.3 is 5.97 Å². The zero-order valence-electron chi connectivity index (χ0n) is 34.2. The summed E-state index contributed by atoms with van der Waals surface area (Å²) in [6.07, 6.45) is 9.23. The lowest BCUT2D eigenvalue weighted by molar-refractivity contribution is -0.138. The van der Waals surface area contributed by atoms with Gasteiger partial charge in [0.2, 0.25) is 0 Å². The first-order chi connectivity index (χ1) is 27.3. The number of aryl methyl sites for hydroxylation is 1. The number of aliphatic carboxylic acids is 1. The van der Waals surface area contributed by atoms with E-state index in [0.29, 0.717) is 38.5 Å². The van der Waals surface area contributed by atoms with E-state index in [1.807, 2.05) is 37.3 Å². The van der Waals surface area contributed by atoms with Gasteiger partial charge in [-0.1, -0.05) is 86.9 Å². The average Bonchev–Trinajstić information content (AvgIpc) is 3.35. The quantitative estimate of drug-likeness (QED) is 0.0851. The van der Waals surface area contributed by atoms with Gasteiger partial charge in [0.15, 0.2) is 0 Å². The Balaban J connectivity index is 1.83. The van der Waals surface area contributed by atoms with Crippen molar-refractivity contribution in [3.8, 4) is 17.6 Å². The highest BCUT2D eigenvalue weighted by Crippen LogP contribution is 2.31. The van der Waals surface area contributed by atoms with Crippen molar-refractivity contribution >= 4 is 5.97 Å². The van der Waals surface area contributed by atoms with Crippen molar-refractivity contribution < 1.29 is 40.5 Å². The summed E-state index contributed by atoms with van der Waals surface area (Å²) in [6.45, 7) is 5.51. The molecule has 0 unspecified atom stereocenters. The molecule has 57 heavy (non-hydrogen) atoms. The molecule has 10 heteroatoms. The molecule has 0 bridgehead atoms. The van der Waals surface area contributed by atoms with Crippen LogP contribution in [0.4, 0.5) is 0 Å². The number of carboxylic acids is 1. The number of rotatable bonds is 18. The maximum atomic E-state index is 12.3. The Labute approximate surface area is 340 Å². The normalized spacial score (nSPS) is 24.8. The van der Waals surface area contributed by atoms with Crippen molar-refractivity contribution in [1.29, 1.82) is 0 Å². The Morgan fingerprint density at radius 2 is 1.77 bits per heavy atom. The van der Waals surface area contributed by atoms with Crippen molar-refractivity contribution in [2.24, 2.45) is 5.92 Å². The highest BCUT2D eigenvalue weighted by Gasteiger charge is 2.35. The predicted molar refractivity (Wildman–Crippen MR) is 225 cm³/mol. The maximum absolute atomic E-state index is 12.3. The fourth-order valence-electron chi connectivity index (χ4n) is 8.48. The summed E-state index contributed by atoms with van der Waals surface area (Å²) >= 11 is 0. The van der Waals surface area contributed by atoms with Crippen LogP contribution in [-0.2, 0) is 17.6 Å². The second kappa shape index (κ2) is 23.2. The lowest BCUT2D eigenvalue weighted by atomic mass is 9.82. The van der Waals surface area contributed by atoms with E-state index in [4.69, 9.17) is 0 Å². The van der Waals surface area contributed by atoms with Crippen LogP contribution in [0.5, 0.6) is 5.75 Å². The first kappa shape index (κ1) is 46.2. The molecule has 0 radical (unpaired) electrons. The van der Waals surface area contributed by atoms with Crippen LogP contribution >= 0.6 is 0 Å². The molecule has 9 atom stereocenters. The molecule has 1 saturated heterocycles. The molecule has 2 aromatic carbocycles. The van der Waals surface area contributed by atoms with Gasteiger partial charge in [0.05, 0.1) is 30.5 Å². The second-order valence-corrected chi connectivity index (χ2v) is 16.7. The minimum absolute atomic E-state index is 0.00353. The number of allylic oxidation sites excluding steroid dienone is 2. The first-order valence-electron chi connectivity index (χ1n) is 21.2. The number of phenols is 1.